The zero-order chi connectivity index (χ0) is 31.7. The van der Waals surface area contributed by atoms with E-state index in [1.807, 2.05) is 0 Å². The maximum absolute atomic E-state index is 2.47. The van der Waals surface area contributed by atoms with Gasteiger partial charge in [0.15, 0.2) is 0 Å². The van der Waals surface area contributed by atoms with Crippen LogP contribution in [0.15, 0.2) is 151 Å². The van der Waals surface area contributed by atoms with E-state index in [4.69, 9.17) is 0 Å². The van der Waals surface area contributed by atoms with Crippen molar-refractivity contribution in [1.29, 1.82) is 0 Å². The fourth-order valence-corrected chi connectivity index (χ4v) is 7.54. The van der Waals surface area contributed by atoms with Crippen LogP contribution >= 0.6 is 0 Å². The van der Waals surface area contributed by atoms with Crippen LogP contribution in [-0.2, 0) is 11.8 Å². The van der Waals surface area contributed by atoms with Crippen LogP contribution in [0.5, 0.6) is 0 Å². The molecule has 0 N–H and O–H groups in total. The molecule has 6 aromatic rings. The molecule has 0 bridgehead atoms. The Kier molecular flexibility index (Phi) is 8.05. The number of allylic oxidation sites excluding steroid dienone is 4. The number of aryl methyl sites for hydroxylation is 3. The minimum absolute atomic E-state index is 0.416. The molecule has 0 heterocycles. The van der Waals surface area contributed by atoms with Gasteiger partial charge in [-0.15, -0.1) is 0 Å². The summed E-state index contributed by atoms with van der Waals surface area (Å²) in [6, 6.07) is 48.5. The molecule has 0 nitrogen and oxygen atoms in total. The molecule has 0 saturated carbocycles. The van der Waals surface area contributed by atoms with E-state index in [1.54, 1.807) is 0 Å². The minimum Gasteiger partial charge on any atom is -0.0874 e. The standard InChI is InChI=1S/C46H42/c1-5-9-34(10-6-2)16-17-35-18-26-41(27-19-35)46(40-24-14-32(3)15-25-40)44-12-8-7-11-42(44)43-28-23-39(31-45(43)46)38-22-21-36-29-33(4)13-20-37(36)30-38/h5,7-15,18-31H,6,16-17H2,1-4H3. The molecule has 1 aliphatic rings. The Morgan fingerprint density at radius 3 is 2.00 bits per heavy atom. The van der Waals surface area contributed by atoms with E-state index in [1.165, 1.54) is 77.5 Å². The molecule has 0 aromatic heterocycles. The van der Waals surface area contributed by atoms with Gasteiger partial charge in [0, 0.05) is 0 Å². The average Bonchev–Trinajstić information content (AvgIpc) is 3.38. The van der Waals surface area contributed by atoms with E-state index < -0.39 is 5.41 Å². The third-order valence-corrected chi connectivity index (χ3v) is 9.79. The summed E-state index contributed by atoms with van der Waals surface area (Å²) in [6.07, 6.45) is 9.91. The van der Waals surface area contributed by atoms with Crippen LogP contribution in [0.2, 0.25) is 0 Å². The van der Waals surface area contributed by atoms with Gasteiger partial charge in [-0.3, -0.25) is 0 Å². The van der Waals surface area contributed by atoms with Crippen molar-refractivity contribution in [3.05, 3.63) is 190 Å². The first-order valence-corrected chi connectivity index (χ1v) is 16.7. The van der Waals surface area contributed by atoms with E-state index >= 15 is 0 Å². The van der Waals surface area contributed by atoms with Gasteiger partial charge in [-0.05, 0) is 113 Å². The van der Waals surface area contributed by atoms with Crippen molar-refractivity contribution < 1.29 is 0 Å². The summed E-state index contributed by atoms with van der Waals surface area (Å²) in [7, 11) is 0. The quantitative estimate of drug-likeness (QED) is 0.154. The van der Waals surface area contributed by atoms with Crippen molar-refractivity contribution in [2.45, 2.75) is 52.4 Å². The molecule has 0 heteroatoms. The van der Waals surface area contributed by atoms with Crippen molar-refractivity contribution in [2.24, 2.45) is 0 Å². The SMILES string of the molecule is CC=CC(=CCC)CCc1ccc(C2(c3ccc(C)cc3)c3ccccc3-c3ccc(-c4ccc5cc(C)ccc5c4)cc32)cc1. The lowest BCUT2D eigenvalue weighted by Gasteiger charge is -2.34. The van der Waals surface area contributed by atoms with Crippen molar-refractivity contribution in [1.82, 2.24) is 0 Å². The molecule has 1 aliphatic carbocycles. The van der Waals surface area contributed by atoms with E-state index in [-0.39, 0.29) is 0 Å². The predicted octanol–water partition coefficient (Wildman–Crippen LogP) is 12.3. The largest absolute Gasteiger partial charge is 0.0874 e. The van der Waals surface area contributed by atoms with Gasteiger partial charge in [-0.1, -0.05) is 157 Å². The average molecular weight is 595 g/mol. The van der Waals surface area contributed by atoms with Crippen LogP contribution in [0.25, 0.3) is 33.0 Å². The van der Waals surface area contributed by atoms with Crippen molar-refractivity contribution in [3.8, 4) is 22.3 Å². The summed E-state index contributed by atoms with van der Waals surface area (Å²) >= 11 is 0. The molecule has 226 valence electrons. The van der Waals surface area contributed by atoms with Crippen LogP contribution in [0.3, 0.4) is 0 Å². The third-order valence-electron chi connectivity index (χ3n) is 9.79. The molecule has 6 aromatic carbocycles. The van der Waals surface area contributed by atoms with E-state index in [0.29, 0.717) is 0 Å². The lowest BCUT2D eigenvalue weighted by atomic mass is 9.67. The maximum Gasteiger partial charge on any atom is 0.0713 e. The molecule has 0 saturated heterocycles. The number of rotatable bonds is 8. The summed E-state index contributed by atoms with van der Waals surface area (Å²) in [5.41, 5.74) is 15.4. The normalized spacial score (nSPS) is 15.8. The van der Waals surface area contributed by atoms with Gasteiger partial charge in [0.05, 0.1) is 5.41 Å². The number of fused-ring (bicyclic) bond motifs is 4. The van der Waals surface area contributed by atoms with Crippen LogP contribution in [0.1, 0.15) is 65.6 Å². The van der Waals surface area contributed by atoms with Gasteiger partial charge < -0.3 is 0 Å². The fourth-order valence-electron chi connectivity index (χ4n) is 7.54. The van der Waals surface area contributed by atoms with Crippen LogP contribution in [-0.4, -0.2) is 0 Å². The second-order valence-corrected chi connectivity index (χ2v) is 12.9. The highest BCUT2D eigenvalue weighted by Gasteiger charge is 2.46. The summed E-state index contributed by atoms with van der Waals surface area (Å²) in [5, 5.41) is 2.56. The Labute approximate surface area is 274 Å². The zero-order valence-corrected chi connectivity index (χ0v) is 27.5. The molecule has 7 rings (SSSR count). The van der Waals surface area contributed by atoms with Gasteiger partial charge in [-0.2, -0.15) is 0 Å². The maximum atomic E-state index is 2.47. The fraction of sp³-hybridized carbons (Fsp3) is 0.174. The molecule has 0 spiro atoms. The highest BCUT2D eigenvalue weighted by atomic mass is 14.5. The van der Waals surface area contributed by atoms with E-state index in [0.717, 1.165) is 19.3 Å². The number of benzene rings is 6. The lowest BCUT2D eigenvalue weighted by Crippen LogP contribution is -2.28. The van der Waals surface area contributed by atoms with Crippen molar-refractivity contribution >= 4 is 10.8 Å². The lowest BCUT2D eigenvalue weighted by molar-refractivity contribution is 0.767. The smallest absolute Gasteiger partial charge is 0.0713 e. The summed E-state index contributed by atoms with van der Waals surface area (Å²) < 4.78 is 0. The van der Waals surface area contributed by atoms with Gasteiger partial charge in [-0.25, -0.2) is 0 Å². The topological polar surface area (TPSA) is 0 Å². The monoisotopic (exact) mass is 594 g/mol. The first-order valence-electron chi connectivity index (χ1n) is 16.7. The van der Waals surface area contributed by atoms with Crippen LogP contribution in [0, 0.1) is 13.8 Å². The second-order valence-electron chi connectivity index (χ2n) is 12.9. The first kappa shape index (κ1) is 29.8. The van der Waals surface area contributed by atoms with E-state index in [2.05, 4.69) is 173 Å². The molecule has 0 aliphatic heterocycles. The first-order chi connectivity index (χ1) is 22.5. The molecular formula is C46H42. The third kappa shape index (κ3) is 5.23. The molecule has 0 radical (unpaired) electrons. The summed E-state index contributed by atoms with van der Waals surface area (Å²) in [4.78, 5) is 0. The Bertz CT molecular complexity index is 2090. The molecular weight excluding hydrogens is 553 g/mol. The minimum atomic E-state index is -0.416. The van der Waals surface area contributed by atoms with Gasteiger partial charge >= 0.3 is 0 Å². The predicted molar refractivity (Wildman–Crippen MR) is 198 cm³/mol. The highest BCUT2D eigenvalue weighted by molar-refractivity contribution is 5.91. The Hall–Kier alpha value is -4.94. The number of hydrogen-bond acceptors (Lipinski definition) is 0. The summed E-state index contributed by atoms with van der Waals surface area (Å²) in [5.74, 6) is 0. The van der Waals surface area contributed by atoms with Gasteiger partial charge in [0.25, 0.3) is 0 Å². The van der Waals surface area contributed by atoms with Crippen LogP contribution < -0.4 is 0 Å². The Morgan fingerprint density at radius 2 is 1.24 bits per heavy atom. The zero-order valence-electron chi connectivity index (χ0n) is 27.5. The second kappa shape index (κ2) is 12.5. The van der Waals surface area contributed by atoms with Crippen molar-refractivity contribution in [3.63, 3.8) is 0 Å². The molecule has 0 amide bonds. The molecule has 1 unspecified atom stereocenters. The number of hydrogen-bond donors (Lipinski definition) is 0. The molecule has 46 heavy (non-hydrogen) atoms. The highest BCUT2D eigenvalue weighted by Crippen LogP contribution is 2.56. The van der Waals surface area contributed by atoms with E-state index in [9.17, 15) is 0 Å². The van der Waals surface area contributed by atoms with Gasteiger partial charge in [0.1, 0.15) is 0 Å². The Balaban J connectivity index is 1.40. The van der Waals surface area contributed by atoms with Gasteiger partial charge in [0.2, 0.25) is 0 Å². The Morgan fingerprint density at radius 1 is 0.609 bits per heavy atom. The molecule has 1 atom stereocenters. The van der Waals surface area contributed by atoms with Crippen LogP contribution in [0.4, 0.5) is 0 Å². The van der Waals surface area contributed by atoms with Crippen molar-refractivity contribution in [2.75, 3.05) is 0 Å². The summed E-state index contributed by atoms with van der Waals surface area (Å²) in [6.45, 7) is 8.65. The molecule has 0 fully saturated rings.